The predicted molar refractivity (Wildman–Crippen MR) is 85.9 cm³/mol. The second-order valence-corrected chi connectivity index (χ2v) is 5.41. The van der Waals surface area contributed by atoms with Gasteiger partial charge in [-0.05, 0) is 26.2 Å². The molecule has 0 aliphatic rings. The molecule has 0 bridgehead atoms. The quantitative estimate of drug-likeness (QED) is 0.646. The first-order valence-electron chi connectivity index (χ1n) is 6.99. The summed E-state index contributed by atoms with van der Waals surface area (Å²) in [6.45, 7) is 0.585. The number of rotatable bonds is 6. The number of aryl methyl sites for hydroxylation is 1. The number of nitro groups is 1. The number of nitro benzene ring substituents is 1. The molecule has 0 saturated carbocycles. The van der Waals surface area contributed by atoms with Crippen molar-refractivity contribution in [2.24, 2.45) is 7.05 Å². The van der Waals surface area contributed by atoms with Gasteiger partial charge in [0.25, 0.3) is 5.69 Å². The van der Waals surface area contributed by atoms with Crippen molar-refractivity contribution in [3.8, 4) is 6.07 Å². The third kappa shape index (κ3) is 3.84. The number of nitriles is 1. The van der Waals surface area contributed by atoms with E-state index >= 15 is 0 Å². The van der Waals surface area contributed by atoms with Crippen LogP contribution in [0.3, 0.4) is 0 Å². The van der Waals surface area contributed by atoms with Gasteiger partial charge in [-0.3, -0.25) is 14.8 Å². The lowest BCUT2D eigenvalue weighted by molar-refractivity contribution is -0.385. The molecule has 0 unspecified atom stereocenters. The molecule has 1 atom stereocenters. The third-order valence-electron chi connectivity index (χ3n) is 3.55. The van der Waals surface area contributed by atoms with E-state index in [1.165, 1.54) is 12.1 Å². The smallest absolute Gasteiger partial charge is 0.287 e. The van der Waals surface area contributed by atoms with Crippen LogP contribution >= 0.6 is 0 Å². The minimum Gasteiger partial charge on any atom is -0.383 e. The van der Waals surface area contributed by atoms with Crippen molar-refractivity contribution >= 4 is 11.4 Å². The van der Waals surface area contributed by atoms with Gasteiger partial charge in [-0.15, -0.1) is 0 Å². The van der Waals surface area contributed by atoms with E-state index in [9.17, 15) is 10.1 Å². The van der Waals surface area contributed by atoms with Crippen LogP contribution in [-0.4, -0.2) is 40.2 Å². The van der Waals surface area contributed by atoms with Crippen LogP contribution in [0.15, 0.2) is 30.6 Å². The average molecular weight is 314 g/mol. The normalized spacial score (nSPS) is 12.0. The van der Waals surface area contributed by atoms with Gasteiger partial charge >= 0.3 is 0 Å². The zero-order chi connectivity index (χ0) is 17.0. The number of hydrogen-bond donors (Lipinski definition) is 1. The van der Waals surface area contributed by atoms with E-state index in [0.717, 1.165) is 5.56 Å². The summed E-state index contributed by atoms with van der Waals surface area (Å²) in [5.41, 5.74) is 1.59. The Morgan fingerprint density at radius 2 is 2.26 bits per heavy atom. The number of anilines is 1. The van der Waals surface area contributed by atoms with Gasteiger partial charge in [0, 0.05) is 37.1 Å². The highest BCUT2D eigenvalue weighted by atomic mass is 16.6. The van der Waals surface area contributed by atoms with Crippen LogP contribution in [0.1, 0.15) is 17.2 Å². The van der Waals surface area contributed by atoms with Crippen molar-refractivity contribution in [2.45, 2.75) is 6.04 Å². The van der Waals surface area contributed by atoms with Gasteiger partial charge in [0.15, 0.2) is 0 Å². The lowest BCUT2D eigenvalue weighted by Gasteiger charge is -2.24. The molecule has 0 aliphatic heterocycles. The molecule has 0 spiro atoms. The topological polar surface area (TPSA) is 100 Å². The lowest BCUT2D eigenvalue weighted by Crippen LogP contribution is -2.26. The standard InChI is InChI=1S/C15H18N6O2/c1-19(2)15(12-8-18-20(3)10-12)9-17-13-4-5-14(21(22)23)11(6-13)7-16/h4-6,8,10,15,17H,9H2,1-3H3/t15-/m0/s1. The molecular weight excluding hydrogens is 296 g/mol. The largest absolute Gasteiger partial charge is 0.383 e. The summed E-state index contributed by atoms with van der Waals surface area (Å²) in [5.74, 6) is 0. The van der Waals surface area contributed by atoms with E-state index < -0.39 is 4.92 Å². The summed E-state index contributed by atoms with van der Waals surface area (Å²) >= 11 is 0. The number of nitrogens with zero attached hydrogens (tertiary/aromatic N) is 5. The van der Waals surface area contributed by atoms with Gasteiger partial charge in [-0.2, -0.15) is 10.4 Å². The molecule has 1 heterocycles. The predicted octanol–water partition coefficient (Wildman–Crippen LogP) is 1.91. The van der Waals surface area contributed by atoms with Crippen molar-refractivity contribution < 1.29 is 4.92 Å². The van der Waals surface area contributed by atoms with Crippen LogP contribution < -0.4 is 5.32 Å². The van der Waals surface area contributed by atoms with Crippen molar-refractivity contribution in [1.82, 2.24) is 14.7 Å². The van der Waals surface area contributed by atoms with Crippen LogP contribution in [0.4, 0.5) is 11.4 Å². The van der Waals surface area contributed by atoms with Crippen molar-refractivity contribution in [3.05, 3.63) is 51.8 Å². The fourth-order valence-corrected chi connectivity index (χ4v) is 2.32. The SMILES string of the molecule is CN(C)[C@@H](CNc1ccc([N+](=O)[O-])c(C#N)c1)c1cnn(C)c1. The van der Waals surface area contributed by atoms with Crippen LogP contribution in [0.25, 0.3) is 0 Å². The Morgan fingerprint density at radius 3 is 2.78 bits per heavy atom. The van der Waals surface area contributed by atoms with Crippen LogP contribution in [0.2, 0.25) is 0 Å². The Morgan fingerprint density at radius 1 is 1.52 bits per heavy atom. The molecule has 8 nitrogen and oxygen atoms in total. The van der Waals surface area contributed by atoms with E-state index in [0.29, 0.717) is 12.2 Å². The molecule has 0 fully saturated rings. The van der Waals surface area contributed by atoms with Crippen molar-refractivity contribution in [1.29, 1.82) is 5.26 Å². The second-order valence-electron chi connectivity index (χ2n) is 5.41. The number of benzene rings is 1. The van der Waals surface area contributed by atoms with Crippen molar-refractivity contribution in [2.75, 3.05) is 26.0 Å². The monoisotopic (exact) mass is 314 g/mol. The molecule has 1 aromatic carbocycles. The lowest BCUT2D eigenvalue weighted by atomic mass is 10.1. The molecule has 1 aromatic heterocycles. The Bertz CT molecular complexity index is 747. The molecule has 120 valence electrons. The van der Waals surface area contributed by atoms with Crippen LogP contribution in [0, 0.1) is 21.4 Å². The van der Waals surface area contributed by atoms with E-state index in [1.54, 1.807) is 10.7 Å². The van der Waals surface area contributed by atoms with Crippen molar-refractivity contribution in [3.63, 3.8) is 0 Å². The molecule has 1 N–H and O–H groups in total. The summed E-state index contributed by atoms with van der Waals surface area (Å²) in [7, 11) is 5.80. The zero-order valence-electron chi connectivity index (χ0n) is 13.2. The molecule has 0 saturated heterocycles. The Labute approximate surface area is 134 Å². The first-order valence-corrected chi connectivity index (χ1v) is 6.99. The first kappa shape index (κ1) is 16.5. The summed E-state index contributed by atoms with van der Waals surface area (Å²) in [6.07, 6.45) is 3.76. The molecule has 2 rings (SSSR count). The maximum Gasteiger partial charge on any atom is 0.287 e. The highest BCUT2D eigenvalue weighted by Crippen LogP contribution is 2.23. The highest BCUT2D eigenvalue weighted by molar-refractivity contribution is 5.58. The summed E-state index contributed by atoms with van der Waals surface area (Å²) < 4.78 is 1.74. The minimum absolute atomic E-state index is 0.0442. The van der Waals surface area contributed by atoms with E-state index in [1.807, 2.05) is 39.6 Å². The average Bonchev–Trinajstić information content (AvgIpc) is 2.92. The molecule has 2 aromatic rings. The van der Waals surface area contributed by atoms with E-state index in [-0.39, 0.29) is 17.3 Å². The maximum atomic E-state index is 10.9. The minimum atomic E-state index is -0.555. The van der Waals surface area contributed by atoms with Gasteiger partial charge in [-0.1, -0.05) is 0 Å². The van der Waals surface area contributed by atoms with Crippen LogP contribution in [-0.2, 0) is 7.05 Å². The first-order chi connectivity index (χ1) is 10.9. The molecule has 8 heteroatoms. The van der Waals surface area contributed by atoms with E-state index in [4.69, 9.17) is 5.26 Å². The molecule has 0 aliphatic carbocycles. The Kier molecular flexibility index (Phi) is 4.93. The Balaban J connectivity index is 2.15. The summed E-state index contributed by atoms with van der Waals surface area (Å²) in [5, 5.41) is 27.3. The third-order valence-corrected chi connectivity index (χ3v) is 3.55. The molecule has 0 radical (unpaired) electrons. The number of aromatic nitrogens is 2. The number of nitrogens with one attached hydrogen (secondary N) is 1. The van der Waals surface area contributed by atoms with Gasteiger partial charge < -0.3 is 10.2 Å². The number of likely N-dealkylation sites (N-methyl/N-ethyl adjacent to an activating group) is 1. The summed E-state index contributed by atoms with van der Waals surface area (Å²) in [4.78, 5) is 12.4. The fourth-order valence-electron chi connectivity index (χ4n) is 2.32. The molecule has 0 amide bonds. The van der Waals surface area contributed by atoms with Gasteiger partial charge in [-0.25, -0.2) is 0 Å². The van der Waals surface area contributed by atoms with Gasteiger partial charge in [0.05, 0.1) is 17.2 Å². The number of hydrogen-bond acceptors (Lipinski definition) is 6. The molecule has 23 heavy (non-hydrogen) atoms. The fraction of sp³-hybridized carbons (Fsp3) is 0.333. The summed E-state index contributed by atoms with van der Waals surface area (Å²) in [6, 6.07) is 6.39. The van der Waals surface area contributed by atoms with Gasteiger partial charge in [0.2, 0.25) is 0 Å². The Hall–Kier alpha value is -2.92. The van der Waals surface area contributed by atoms with Gasteiger partial charge in [0.1, 0.15) is 11.6 Å². The maximum absolute atomic E-state index is 10.9. The van der Waals surface area contributed by atoms with E-state index in [2.05, 4.69) is 15.3 Å². The van der Waals surface area contributed by atoms with Crippen LogP contribution in [0.5, 0.6) is 0 Å². The second kappa shape index (κ2) is 6.89. The zero-order valence-corrected chi connectivity index (χ0v) is 13.2. The highest BCUT2D eigenvalue weighted by Gasteiger charge is 2.17. The molecular formula is C15H18N6O2.